The Hall–Kier alpha value is 1.26. The van der Waals surface area contributed by atoms with E-state index in [9.17, 15) is 0 Å². The molecule has 0 aliphatic heterocycles. The van der Waals surface area contributed by atoms with Crippen LogP contribution in [0.1, 0.15) is 0 Å². The average Bonchev–Trinajstić information content (AvgIpc) is 2.12. The summed E-state index contributed by atoms with van der Waals surface area (Å²) in [6.45, 7) is 15.5. The van der Waals surface area contributed by atoms with E-state index in [4.69, 9.17) is 5.40 Å². The van der Waals surface area contributed by atoms with E-state index in [1.807, 2.05) is 0 Å². The Morgan fingerprint density at radius 3 is 1.62 bits per heavy atom. The second-order valence-electron chi connectivity index (χ2n) is 4.63. The maximum Gasteiger partial charge on any atom is 0.0863 e. The highest BCUT2D eigenvalue weighted by molar-refractivity contribution is 7.77. The molecule has 0 aromatic carbocycles. The second-order valence-corrected chi connectivity index (χ2v) is 53.5. The van der Waals surface area contributed by atoms with Crippen LogP contribution in [0.4, 0.5) is 0 Å². The van der Waals surface area contributed by atoms with Crippen LogP contribution in [0.15, 0.2) is 0 Å². The first-order valence-electron chi connectivity index (χ1n) is 5.46. The third kappa shape index (κ3) is 4.53. The van der Waals surface area contributed by atoms with E-state index in [-0.39, 0.29) is 31.3 Å². The van der Waals surface area contributed by atoms with Crippen molar-refractivity contribution in [2.75, 3.05) is 0 Å². The quantitative estimate of drug-likeness (QED) is 0.644. The van der Waals surface area contributed by atoms with Gasteiger partial charge < -0.3 is 5.40 Å². The Labute approximate surface area is 93.4 Å². The van der Waals surface area contributed by atoms with Gasteiger partial charge in [0.15, 0.2) is 0 Å². The second kappa shape index (κ2) is 6.69. The molecule has 0 radical (unpaired) electrons. The monoisotopic (exact) mass is 280 g/mol. The van der Waals surface area contributed by atoms with E-state index < -0.39 is 8.48 Å². The molecule has 0 bridgehead atoms. The summed E-state index contributed by atoms with van der Waals surface area (Å²) >= 11 is 0. The Bertz CT molecular complexity index is 143. The summed E-state index contributed by atoms with van der Waals surface area (Å²) in [7, 11) is -0.668. The van der Waals surface area contributed by atoms with E-state index in [1.165, 1.54) is 0 Å². The number of hydrogen-bond donors (Lipinski definition) is 1. The standard InChI is InChI=1S/C6H26NSi6/c1-8-10(3)12(5)13(6)11(4)9(2)7/h8-13H,7H2,1-6H3/q-1. The predicted octanol–water partition coefficient (Wildman–Crippen LogP) is -0.979. The van der Waals surface area contributed by atoms with Gasteiger partial charge in [0.25, 0.3) is 0 Å². The lowest BCUT2D eigenvalue weighted by Gasteiger charge is -2.32. The van der Waals surface area contributed by atoms with Gasteiger partial charge in [-0.3, -0.25) is 9.04 Å². The maximum absolute atomic E-state index is 6.20. The topological polar surface area (TPSA) is 26.0 Å². The molecule has 5 unspecified atom stereocenters. The van der Waals surface area contributed by atoms with Gasteiger partial charge in [-0.25, -0.2) is 0 Å². The molecular formula is C6H26NSi6-. The zero-order valence-electron chi connectivity index (χ0n) is 10.0. The highest BCUT2D eigenvalue weighted by Gasteiger charge is 2.26. The molecule has 0 aliphatic rings. The van der Waals surface area contributed by atoms with Crippen molar-refractivity contribution in [3.05, 3.63) is 0 Å². The van der Waals surface area contributed by atoms with Crippen LogP contribution in [-0.2, 0) is 0 Å². The van der Waals surface area contributed by atoms with Crippen LogP contribution >= 0.6 is 0 Å². The van der Waals surface area contributed by atoms with Gasteiger partial charge in [-0.15, -0.1) is 14.4 Å². The molecule has 0 aliphatic carbocycles. The minimum Gasteiger partial charge on any atom is -0.356 e. The van der Waals surface area contributed by atoms with Gasteiger partial charge in [-0.2, -0.15) is 6.55 Å². The van der Waals surface area contributed by atoms with Crippen molar-refractivity contribution in [1.29, 1.82) is 0 Å². The van der Waals surface area contributed by atoms with Crippen molar-refractivity contribution in [1.82, 2.24) is 0 Å². The van der Waals surface area contributed by atoms with E-state index in [0.29, 0.717) is 0 Å². The zero-order valence-corrected chi connectivity index (χ0v) is 17.0. The molecule has 0 rings (SSSR count). The van der Waals surface area contributed by atoms with Gasteiger partial charge in [0.05, 0.1) is 8.48 Å². The number of hydrogen-bond acceptors (Lipinski definition) is 1. The molecule has 0 fully saturated rings. The third-order valence-electron chi connectivity index (χ3n) is 3.84. The summed E-state index contributed by atoms with van der Waals surface area (Å²) in [5.74, 6) is 0. The first-order chi connectivity index (χ1) is 5.91. The van der Waals surface area contributed by atoms with Crippen molar-refractivity contribution in [3.8, 4) is 0 Å². The Balaban J connectivity index is 4.15. The smallest absolute Gasteiger partial charge is 0.0863 e. The van der Waals surface area contributed by atoms with Crippen molar-refractivity contribution in [2.45, 2.75) is 39.3 Å². The predicted molar refractivity (Wildman–Crippen MR) is 82.3 cm³/mol. The lowest BCUT2D eigenvalue weighted by Crippen LogP contribution is -2.60. The van der Waals surface area contributed by atoms with Crippen LogP contribution < -0.4 is 5.40 Å². The van der Waals surface area contributed by atoms with Gasteiger partial charge in [0.2, 0.25) is 0 Å². The molecule has 80 valence electrons. The number of nitrogens with two attached hydrogens (primary N) is 1. The highest BCUT2D eigenvalue weighted by Crippen LogP contribution is 2.01. The molecule has 1 nitrogen and oxygen atoms in total. The Morgan fingerprint density at radius 1 is 0.846 bits per heavy atom. The summed E-state index contributed by atoms with van der Waals surface area (Å²) in [6, 6.07) is 0. The van der Waals surface area contributed by atoms with Crippen molar-refractivity contribution in [2.24, 2.45) is 5.40 Å². The van der Waals surface area contributed by atoms with Crippen LogP contribution in [0.2, 0.25) is 39.3 Å². The van der Waals surface area contributed by atoms with Crippen LogP contribution in [0.5, 0.6) is 0 Å². The molecule has 0 amide bonds. The van der Waals surface area contributed by atoms with Crippen LogP contribution in [0, 0.1) is 0 Å². The summed E-state index contributed by atoms with van der Waals surface area (Å²) in [6.07, 6.45) is 0. The molecule has 13 heavy (non-hydrogen) atoms. The van der Waals surface area contributed by atoms with E-state index in [2.05, 4.69) is 39.3 Å². The van der Waals surface area contributed by atoms with Crippen molar-refractivity contribution < 1.29 is 0 Å². The number of rotatable bonds is 5. The lowest BCUT2D eigenvalue weighted by atomic mass is 11.9. The SMILES string of the molecule is C[SiH-][SiH](C)[SiH](C)[SiH](C)[SiH](C)[SiH](C)N. The highest BCUT2D eigenvalue weighted by atomic mass is 30.0. The first kappa shape index (κ1) is 14.3. The molecule has 0 spiro atoms. The van der Waals surface area contributed by atoms with E-state index in [0.717, 1.165) is 9.04 Å². The van der Waals surface area contributed by atoms with Gasteiger partial charge in [-0.05, 0) is 7.83 Å². The summed E-state index contributed by atoms with van der Waals surface area (Å²) < 4.78 is 0. The summed E-state index contributed by atoms with van der Waals surface area (Å²) in [5, 5.41) is 6.20. The van der Waals surface area contributed by atoms with Crippen molar-refractivity contribution in [3.63, 3.8) is 0 Å². The molecule has 0 saturated heterocycles. The molecule has 5 atom stereocenters. The van der Waals surface area contributed by atoms with E-state index in [1.54, 1.807) is 0 Å². The molecule has 0 heterocycles. The van der Waals surface area contributed by atoms with E-state index >= 15 is 0 Å². The maximum atomic E-state index is 6.20. The largest absolute Gasteiger partial charge is 0.356 e. The normalized spacial score (nSPS) is 23.3. The van der Waals surface area contributed by atoms with Gasteiger partial charge in [0, 0.05) is 15.7 Å². The zero-order chi connectivity index (χ0) is 10.6. The molecular weight excluding hydrogens is 255 g/mol. The van der Waals surface area contributed by atoms with Crippen molar-refractivity contribution >= 4 is 48.8 Å². The lowest BCUT2D eigenvalue weighted by molar-refractivity contribution is 1.83. The molecule has 0 saturated carbocycles. The first-order valence-corrected chi connectivity index (χ1v) is 26.4. The molecule has 0 aromatic heterocycles. The summed E-state index contributed by atoms with van der Waals surface area (Å²) in [4.78, 5) is 0. The molecule has 7 heteroatoms. The third-order valence-corrected chi connectivity index (χ3v) is 88.3. The van der Waals surface area contributed by atoms with Gasteiger partial charge >= 0.3 is 0 Å². The van der Waals surface area contributed by atoms with Crippen LogP contribution in [-0.4, -0.2) is 48.8 Å². The molecule has 0 aromatic rings. The Kier molecular flexibility index (Phi) is 7.34. The summed E-state index contributed by atoms with van der Waals surface area (Å²) in [5.41, 5.74) is 0. The van der Waals surface area contributed by atoms with Crippen LogP contribution in [0.3, 0.4) is 0 Å². The fraction of sp³-hybridized carbons (Fsp3) is 1.00. The van der Waals surface area contributed by atoms with Gasteiger partial charge in [-0.1, -0.05) is 26.2 Å². The molecule has 2 N–H and O–H groups in total. The Morgan fingerprint density at radius 2 is 1.31 bits per heavy atom. The van der Waals surface area contributed by atoms with Gasteiger partial charge in [0.1, 0.15) is 0 Å². The van der Waals surface area contributed by atoms with Crippen LogP contribution in [0.25, 0.3) is 0 Å². The fourth-order valence-corrected chi connectivity index (χ4v) is 114. The fourth-order valence-electron chi connectivity index (χ4n) is 1.74. The minimum atomic E-state index is -0.664. The minimum absolute atomic E-state index is 0.145. The average molecular weight is 281 g/mol.